The van der Waals surface area contributed by atoms with Crippen LogP contribution in [0, 0.1) is 0 Å². The zero-order valence-corrected chi connectivity index (χ0v) is 16.9. The van der Waals surface area contributed by atoms with Crippen LogP contribution >= 0.6 is 0 Å². The number of pyridine rings is 1. The van der Waals surface area contributed by atoms with Crippen molar-refractivity contribution in [2.24, 2.45) is 0 Å². The molecule has 1 aromatic heterocycles. The van der Waals surface area contributed by atoms with Gasteiger partial charge in [-0.3, -0.25) is 18.9 Å². The van der Waals surface area contributed by atoms with Crippen molar-refractivity contribution in [1.29, 1.82) is 0 Å². The number of sulfonamides is 1. The number of rotatable bonds is 8. The summed E-state index contributed by atoms with van der Waals surface area (Å²) < 4.78 is 32.8. The molecule has 0 aliphatic carbocycles. The molecule has 0 radical (unpaired) electrons. The van der Waals surface area contributed by atoms with E-state index in [0.29, 0.717) is 17.7 Å². The van der Waals surface area contributed by atoms with Gasteiger partial charge in [-0.15, -0.1) is 0 Å². The lowest BCUT2D eigenvalue weighted by Crippen LogP contribution is -2.38. The van der Waals surface area contributed by atoms with Crippen LogP contribution in [0.3, 0.4) is 0 Å². The van der Waals surface area contributed by atoms with Gasteiger partial charge in [-0.05, 0) is 36.4 Å². The molecule has 0 atom stereocenters. The summed E-state index contributed by atoms with van der Waals surface area (Å²) in [6.45, 7) is -0.555. The number of aldehydes is 1. The number of nitrogens with one attached hydrogen (secondary N) is 1. The highest BCUT2D eigenvalue weighted by atomic mass is 32.2. The van der Waals surface area contributed by atoms with Gasteiger partial charge in [0.2, 0.25) is 5.91 Å². The molecule has 0 spiro atoms. The molecule has 154 valence electrons. The van der Waals surface area contributed by atoms with Crippen molar-refractivity contribution >= 4 is 33.6 Å². The fraction of sp³-hybridized carbons (Fsp3) is 0.0952. The second kappa shape index (κ2) is 9.19. The molecule has 0 unspecified atom stereocenters. The molecule has 0 aliphatic rings. The normalized spacial score (nSPS) is 10.8. The standard InChI is InChI=1S/C21H19N3O5S/c1-29-18-10-9-16(15-25)20(12-18)24(30(27,28)19-7-3-2-4-8-19)14-21(26)23-17-6-5-11-22-13-17/h2-13,15H,14H2,1H3,(H,23,26). The zero-order valence-electron chi connectivity index (χ0n) is 16.1. The highest BCUT2D eigenvalue weighted by Gasteiger charge is 2.29. The van der Waals surface area contributed by atoms with Crippen molar-refractivity contribution < 1.29 is 22.7 Å². The summed E-state index contributed by atoms with van der Waals surface area (Å²) in [4.78, 5) is 28.2. The van der Waals surface area contributed by atoms with Gasteiger partial charge in [0.05, 0.1) is 29.6 Å². The molecular weight excluding hydrogens is 406 g/mol. The molecule has 0 saturated heterocycles. The second-order valence-corrected chi connectivity index (χ2v) is 8.02. The molecule has 0 bridgehead atoms. The maximum atomic E-state index is 13.4. The van der Waals surface area contributed by atoms with Crippen LogP contribution in [-0.4, -0.2) is 39.2 Å². The number of hydrogen-bond acceptors (Lipinski definition) is 6. The van der Waals surface area contributed by atoms with E-state index in [1.165, 1.54) is 43.6 Å². The van der Waals surface area contributed by atoms with Crippen LogP contribution in [-0.2, 0) is 14.8 Å². The monoisotopic (exact) mass is 425 g/mol. The summed E-state index contributed by atoms with van der Waals surface area (Å²) in [6.07, 6.45) is 3.52. The lowest BCUT2D eigenvalue weighted by molar-refractivity contribution is -0.114. The molecule has 30 heavy (non-hydrogen) atoms. The van der Waals surface area contributed by atoms with Gasteiger partial charge in [0.25, 0.3) is 10.0 Å². The number of aromatic nitrogens is 1. The van der Waals surface area contributed by atoms with Crippen molar-refractivity contribution in [2.75, 3.05) is 23.3 Å². The van der Waals surface area contributed by atoms with E-state index in [1.807, 2.05) is 0 Å². The van der Waals surface area contributed by atoms with Gasteiger partial charge in [-0.1, -0.05) is 18.2 Å². The number of hydrogen-bond donors (Lipinski definition) is 1. The third-order valence-corrected chi connectivity index (χ3v) is 5.97. The number of amides is 1. The minimum absolute atomic E-state index is 0.0150. The van der Waals surface area contributed by atoms with E-state index in [1.54, 1.807) is 36.5 Å². The van der Waals surface area contributed by atoms with Gasteiger partial charge in [-0.25, -0.2) is 8.42 Å². The highest BCUT2D eigenvalue weighted by Crippen LogP contribution is 2.30. The van der Waals surface area contributed by atoms with E-state index >= 15 is 0 Å². The summed E-state index contributed by atoms with van der Waals surface area (Å²) in [7, 11) is -2.74. The summed E-state index contributed by atoms with van der Waals surface area (Å²) in [6, 6.07) is 15.3. The molecule has 3 rings (SSSR count). The molecule has 3 aromatic rings. The lowest BCUT2D eigenvalue weighted by Gasteiger charge is -2.25. The Morgan fingerprint density at radius 1 is 1.13 bits per heavy atom. The Morgan fingerprint density at radius 3 is 2.53 bits per heavy atom. The van der Waals surface area contributed by atoms with Crippen molar-refractivity contribution in [3.05, 3.63) is 78.6 Å². The first kappa shape index (κ1) is 21.0. The van der Waals surface area contributed by atoms with Crippen molar-refractivity contribution in [3.8, 4) is 5.75 Å². The van der Waals surface area contributed by atoms with Crippen LogP contribution in [0.4, 0.5) is 11.4 Å². The van der Waals surface area contributed by atoms with E-state index in [-0.39, 0.29) is 16.1 Å². The molecule has 0 fully saturated rings. The Labute approximate surface area is 174 Å². The number of nitrogens with zero attached hydrogens (tertiary/aromatic N) is 2. The first-order chi connectivity index (χ1) is 14.5. The maximum Gasteiger partial charge on any atom is 0.264 e. The average molecular weight is 425 g/mol. The van der Waals surface area contributed by atoms with Crippen LogP contribution < -0.4 is 14.4 Å². The molecule has 1 N–H and O–H groups in total. The topological polar surface area (TPSA) is 106 Å². The van der Waals surface area contributed by atoms with Gasteiger partial charge in [0.1, 0.15) is 12.3 Å². The van der Waals surface area contributed by atoms with Gasteiger partial charge < -0.3 is 10.1 Å². The van der Waals surface area contributed by atoms with Gasteiger partial charge >= 0.3 is 0 Å². The molecule has 9 heteroatoms. The van der Waals surface area contributed by atoms with Crippen LogP contribution in [0.1, 0.15) is 10.4 Å². The number of carbonyl (C=O) groups is 2. The van der Waals surface area contributed by atoms with Crippen molar-refractivity contribution in [3.63, 3.8) is 0 Å². The summed E-state index contributed by atoms with van der Waals surface area (Å²) in [5.74, 6) is -0.251. The molecule has 1 amide bonds. The second-order valence-electron chi connectivity index (χ2n) is 6.16. The minimum Gasteiger partial charge on any atom is -0.497 e. The lowest BCUT2D eigenvalue weighted by atomic mass is 10.2. The van der Waals surface area contributed by atoms with E-state index in [0.717, 1.165) is 4.31 Å². The molecule has 8 nitrogen and oxygen atoms in total. The van der Waals surface area contributed by atoms with E-state index in [9.17, 15) is 18.0 Å². The summed E-state index contributed by atoms with van der Waals surface area (Å²) in [5, 5.41) is 2.60. The number of anilines is 2. The number of ether oxygens (including phenoxy) is 1. The van der Waals surface area contributed by atoms with E-state index in [4.69, 9.17) is 4.74 Å². The van der Waals surface area contributed by atoms with Crippen LogP contribution in [0.5, 0.6) is 5.75 Å². The molecule has 0 aliphatic heterocycles. The highest BCUT2D eigenvalue weighted by molar-refractivity contribution is 7.92. The van der Waals surface area contributed by atoms with E-state index in [2.05, 4.69) is 10.3 Å². The smallest absolute Gasteiger partial charge is 0.264 e. The largest absolute Gasteiger partial charge is 0.497 e. The Balaban J connectivity index is 2.06. The van der Waals surface area contributed by atoms with Gasteiger partial charge in [0.15, 0.2) is 6.29 Å². The molecule has 1 heterocycles. The third-order valence-electron chi connectivity index (χ3n) is 4.20. The molecule has 2 aromatic carbocycles. The fourth-order valence-corrected chi connectivity index (χ4v) is 4.21. The third kappa shape index (κ3) is 4.64. The Bertz CT molecular complexity index is 1140. The first-order valence-corrected chi connectivity index (χ1v) is 10.3. The number of methoxy groups -OCH3 is 1. The minimum atomic E-state index is -4.16. The van der Waals surface area contributed by atoms with Crippen molar-refractivity contribution in [1.82, 2.24) is 4.98 Å². The van der Waals surface area contributed by atoms with E-state index < -0.39 is 22.5 Å². The molecular formula is C21H19N3O5S. The Morgan fingerprint density at radius 2 is 1.90 bits per heavy atom. The van der Waals surface area contributed by atoms with Crippen LogP contribution in [0.15, 0.2) is 78.0 Å². The zero-order chi connectivity index (χ0) is 21.6. The van der Waals surface area contributed by atoms with Gasteiger partial charge in [-0.2, -0.15) is 0 Å². The molecule has 0 saturated carbocycles. The summed E-state index contributed by atoms with van der Waals surface area (Å²) in [5.41, 5.74) is 0.555. The Hall–Kier alpha value is -3.72. The number of carbonyl (C=O) groups excluding carboxylic acids is 2. The fourth-order valence-electron chi connectivity index (χ4n) is 2.75. The van der Waals surface area contributed by atoms with Crippen molar-refractivity contribution in [2.45, 2.75) is 4.90 Å². The first-order valence-electron chi connectivity index (χ1n) is 8.86. The summed E-state index contributed by atoms with van der Waals surface area (Å²) >= 11 is 0. The average Bonchev–Trinajstić information content (AvgIpc) is 2.78. The SMILES string of the molecule is COc1ccc(C=O)c(N(CC(=O)Nc2cccnc2)S(=O)(=O)c2ccccc2)c1. The van der Waals surface area contributed by atoms with Crippen LogP contribution in [0.25, 0.3) is 0 Å². The number of benzene rings is 2. The maximum absolute atomic E-state index is 13.4. The quantitative estimate of drug-likeness (QED) is 0.557. The predicted molar refractivity (Wildman–Crippen MR) is 112 cm³/mol. The van der Waals surface area contributed by atoms with Crippen LogP contribution in [0.2, 0.25) is 0 Å². The Kier molecular flexibility index (Phi) is 6.43. The van der Waals surface area contributed by atoms with Gasteiger partial charge in [0, 0.05) is 17.8 Å². The predicted octanol–water partition coefficient (Wildman–Crippen LogP) is 2.74.